The van der Waals surface area contributed by atoms with Gasteiger partial charge in [-0.25, -0.2) is 0 Å². The number of thiophene rings is 1. The predicted molar refractivity (Wildman–Crippen MR) is 251 cm³/mol. The summed E-state index contributed by atoms with van der Waals surface area (Å²) >= 11 is 3.20. The molecule has 1 aliphatic carbocycles. The fourth-order valence-electron chi connectivity index (χ4n) is 8.51. The molecule has 4 aliphatic rings. The van der Waals surface area contributed by atoms with E-state index in [1.54, 1.807) is 55.7 Å². The van der Waals surface area contributed by atoms with E-state index in [4.69, 9.17) is 9.05 Å². The van der Waals surface area contributed by atoms with Crippen LogP contribution in [0.3, 0.4) is 0 Å². The maximum atomic E-state index is 14.4. The number of likely N-dealkylation sites (tertiary alicyclic amines) is 1. The van der Waals surface area contributed by atoms with Crippen molar-refractivity contribution in [2.75, 3.05) is 51.0 Å². The van der Waals surface area contributed by atoms with Crippen molar-refractivity contribution in [2.45, 2.75) is 103 Å². The molecule has 2 aromatic rings. The lowest BCUT2D eigenvalue weighted by Gasteiger charge is -2.36. The molecular formula is C46H61N4O10PS3. The highest BCUT2D eigenvalue weighted by Gasteiger charge is 2.47. The van der Waals surface area contributed by atoms with E-state index in [1.165, 1.54) is 11.3 Å². The van der Waals surface area contributed by atoms with Crippen LogP contribution in [0.1, 0.15) is 94.3 Å². The van der Waals surface area contributed by atoms with Crippen LogP contribution in [0.4, 0.5) is 0 Å². The molecule has 0 bridgehead atoms. The van der Waals surface area contributed by atoms with E-state index in [0.29, 0.717) is 48.2 Å². The molecule has 64 heavy (non-hydrogen) atoms. The lowest BCUT2D eigenvalue weighted by Crippen LogP contribution is -2.56. The maximum Gasteiger partial charge on any atom is 0.335 e. The second-order valence-electron chi connectivity index (χ2n) is 18.3. The Kier molecular flexibility index (Phi) is 17.2. The molecule has 0 spiro atoms. The number of nitriles is 1. The van der Waals surface area contributed by atoms with Crippen molar-refractivity contribution >= 4 is 80.5 Å². The molecule has 0 unspecified atom stereocenters. The monoisotopic (exact) mass is 956 g/mol. The van der Waals surface area contributed by atoms with E-state index in [1.807, 2.05) is 6.07 Å². The minimum absolute atomic E-state index is 0.0572. The van der Waals surface area contributed by atoms with Gasteiger partial charge in [-0.3, -0.25) is 28.5 Å². The second-order valence-corrected chi connectivity index (χ2v) is 23.6. The van der Waals surface area contributed by atoms with Gasteiger partial charge < -0.3 is 34.4 Å². The van der Waals surface area contributed by atoms with Gasteiger partial charge in [-0.15, -0.1) is 11.3 Å². The Balaban J connectivity index is 1.12. The molecule has 0 radical (unpaired) electrons. The molecule has 3 amide bonds. The third-order valence-electron chi connectivity index (χ3n) is 12.5. The average molecular weight is 957 g/mol. The number of nitrogens with one attached hydrogen (secondary N) is 1. The summed E-state index contributed by atoms with van der Waals surface area (Å²) in [7, 11) is -3.84. The zero-order valence-corrected chi connectivity index (χ0v) is 40.5. The van der Waals surface area contributed by atoms with E-state index in [0.717, 1.165) is 65.9 Å². The van der Waals surface area contributed by atoms with Gasteiger partial charge in [0, 0.05) is 41.3 Å². The van der Waals surface area contributed by atoms with Gasteiger partial charge in [0.1, 0.15) is 12.1 Å². The molecular weight excluding hydrogens is 896 g/mol. The number of aliphatic hydroxyl groups is 2. The number of thioether (sulfide) groups is 2. The molecule has 3 aliphatic heterocycles. The Morgan fingerprint density at radius 2 is 1.61 bits per heavy atom. The first-order valence-electron chi connectivity index (χ1n) is 22.1. The molecule has 1 aromatic heterocycles. The standard InChI is InChI=1S/C46H61N4O10PS3/c1-45(2,28-51)43(56)62-20-18-59-61(58,60-19-21-63-44(57)46(3,4)29-52)27-30-14-17-38-32(22-30)23-39(64-38)40(53)48-36-13-9-8-12-34-15-16-37(50(34)41(36)54)42(55)49-25-33(24-47)35(26-49)31-10-6-5-7-11-31/h6,10-11,14,17,22-23,33-37,51-52H,5,7-9,12-13,15-16,18-21,25-29H2,1-4H3,(H,48,53)/t33-,34+,35+,36+,37+/m1/s1. The lowest BCUT2D eigenvalue weighted by molar-refractivity contribution is -0.146. The normalized spacial score (nSPS) is 23.0. The first-order valence-corrected chi connectivity index (χ1v) is 26.7. The van der Waals surface area contributed by atoms with E-state index in [2.05, 4.69) is 29.6 Å². The first-order chi connectivity index (χ1) is 30.5. The van der Waals surface area contributed by atoms with E-state index < -0.39 is 36.4 Å². The number of amides is 3. The number of hydrogen-bond donors (Lipinski definition) is 3. The summed E-state index contributed by atoms with van der Waals surface area (Å²) < 4.78 is 26.7. The van der Waals surface area contributed by atoms with Gasteiger partial charge in [-0.05, 0) is 101 Å². The molecule has 5 atom stereocenters. The molecule has 6 rings (SSSR count). The fraction of sp³-hybridized carbons (Fsp3) is 0.609. The van der Waals surface area contributed by atoms with Gasteiger partial charge in [0.15, 0.2) is 10.2 Å². The molecule has 3 saturated heterocycles. The Morgan fingerprint density at radius 1 is 0.938 bits per heavy atom. The summed E-state index contributed by atoms with van der Waals surface area (Å²) in [5.74, 6) is -0.808. The third-order valence-corrected chi connectivity index (χ3v) is 17.9. The molecule has 18 heteroatoms. The van der Waals surface area contributed by atoms with Crippen LogP contribution in [0, 0.1) is 34.0 Å². The van der Waals surface area contributed by atoms with Crippen LogP contribution < -0.4 is 5.32 Å². The highest BCUT2D eigenvalue weighted by atomic mass is 32.2. The van der Waals surface area contributed by atoms with E-state index in [9.17, 15) is 44.0 Å². The molecule has 0 saturated carbocycles. The highest BCUT2D eigenvalue weighted by Crippen LogP contribution is 2.52. The first kappa shape index (κ1) is 50.1. The molecule has 348 valence electrons. The van der Waals surface area contributed by atoms with Gasteiger partial charge >= 0.3 is 7.60 Å². The van der Waals surface area contributed by atoms with Crippen molar-refractivity contribution in [3.05, 3.63) is 58.5 Å². The number of hydrogen-bond acceptors (Lipinski definition) is 14. The Hall–Kier alpha value is -3.33. The molecule has 1 aromatic carbocycles. The minimum atomic E-state index is -3.84. The summed E-state index contributed by atoms with van der Waals surface area (Å²) in [6, 6.07) is 8.00. The summed E-state index contributed by atoms with van der Waals surface area (Å²) in [6.45, 7) is 6.52. The summed E-state index contributed by atoms with van der Waals surface area (Å²) in [5, 5.41) is 32.4. The summed E-state index contributed by atoms with van der Waals surface area (Å²) in [4.78, 5) is 71.5. The number of benzene rings is 1. The number of fused-ring (bicyclic) bond motifs is 2. The zero-order valence-electron chi connectivity index (χ0n) is 37.1. The number of aliphatic hydroxyl groups excluding tert-OH is 2. The van der Waals surface area contributed by atoms with Gasteiger partial charge in [0.2, 0.25) is 11.8 Å². The minimum Gasteiger partial charge on any atom is -0.395 e. The molecule has 3 N–H and O–H groups in total. The predicted octanol–water partition coefficient (Wildman–Crippen LogP) is 7.09. The van der Waals surface area contributed by atoms with Crippen molar-refractivity contribution < 1.29 is 47.8 Å². The van der Waals surface area contributed by atoms with Gasteiger partial charge in [-0.2, -0.15) is 5.26 Å². The van der Waals surface area contributed by atoms with Gasteiger partial charge in [-0.1, -0.05) is 60.7 Å². The van der Waals surface area contributed by atoms with E-state index >= 15 is 0 Å². The van der Waals surface area contributed by atoms with Crippen molar-refractivity contribution in [2.24, 2.45) is 22.7 Å². The van der Waals surface area contributed by atoms with Crippen LogP contribution in [-0.4, -0.2) is 117 Å². The summed E-state index contributed by atoms with van der Waals surface area (Å²) in [6.07, 6.45) is 12.2. The number of carbonyl (C=O) groups is 5. The van der Waals surface area contributed by atoms with Crippen molar-refractivity contribution in [3.8, 4) is 6.07 Å². The van der Waals surface area contributed by atoms with Crippen LogP contribution in [0.5, 0.6) is 0 Å². The largest absolute Gasteiger partial charge is 0.395 e. The Morgan fingerprint density at radius 3 is 2.23 bits per heavy atom. The van der Waals surface area contributed by atoms with Crippen LogP contribution in [0.2, 0.25) is 0 Å². The second kappa shape index (κ2) is 22.0. The number of carbonyl (C=O) groups excluding carboxylic acids is 5. The quantitative estimate of drug-likeness (QED) is 0.101. The van der Waals surface area contributed by atoms with Crippen molar-refractivity contribution in [1.82, 2.24) is 15.1 Å². The Bertz CT molecular complexity index is 2180. The van der Waals surface area contributed by atoms with Gasteiger partial charge in [0.05, 0.1) is 60.3 Å². The summed E-state index contributed by atoms with van der Waals surface area (Å²) in [5.41, 5.74) is -0.177. The van der Waals surface area contributed by atoms with Crippen LogP contribution in [0.15, 0.2) is 48.1 Å². The van der Waals surface area contributed by atoms with Crippen LogP contribution in [0.25, 0.3) is 10.1 Å². The number of allylic oxidation sites excluding steroid dienone is 3. The zero-order chi connectivity index (χ0) is 46.2. The van der Waals surface area contributed by atoms with Gasteiger partial charge in [0.25, 0.3) is 5.91 Å². The molecule has 4 heterocycles. The highest BCUT2D eigenvalue weighted by molar-refractivity contribution is 8.14. The van der Waals surface area contributed by atoms with Crippen molar-refractivity contribution in [3.63, 3.8) is 0 Å². The lowest BCUT2D eigenvalue weighted by atomic mass is 9.87. The Labute approximate surface area is 388 Å². The third kappa shape index (κ3) is 12.2. The van der Waals surface area contributed by atoms with E-state index in [-0.39, 0.29) is 84.0 Å². The van der Waals surface area contributed by atoms with Crippen LogP contribution in [-0.2, 0) is 39.0 Å². The van der Waals surface area contributed by atoms with Crippen molar-refractivity contribution in [1.29, 1.82) is 5.26 Å². The smallest absolute Gasteiger partial charge is 0.335 e. The number of rotatable bonds is 18. The maximum absolute atomic E-state index is 14.4. The molecule has 14 nitrogen and oxygen atoms in total. The average Bonchev–Trinajstić information content (AvgIpc) is 4.04. The van der Waals surface area contributed by atoms with Crippen LogP contribution >= 0.6 is 42.5 Å². The SMILES string of the molecule is CC(C)(CO)C(=O)SCCOP(=O)(Cc1ccc2sc(C(=O)N[C@H]3CCCC[C@H]4CC[C@@H](C(=O)N5C[C@@H](C#N)[C@H](C6=CCCC=C6)C5)N4C3=O)cc2c1)OCCSC(=O)C(C)(C)CO. The molecule has 3 fully saturated rings. The fourth-order valence-corrected chi connectivity index (χ4v) is 13.0. The topological polar surface area (TPSA) is 204 Å². The number of nitrogens with zero attached hydrogens (tertiary/aromatic N) is 3.